The lowest BCUT2D eigenvalue weighted by atomic mass is 10.1. The van der Waals surface area contributed by atoms with Gasteiger partial charge in [-0.1, -0.05) is 36.4 Å². The van der Waals surface area contributed by atoms with Gasteiger partial charge in [0, 0.05) is 50.4 Å². The van der Waals surface area contributed by atoms with E-state index in [0.29, 0.717) is 62.3 Å². The summed E-state index contributed by atoms with van der Waals surface area (Å²) >= 11 is 0. The Morgan fingerprint density at radius 2 is 1.51 bits per heavy atom. The number of nitrogens with zero attached hydrogens (tertiary/aromatic N) is 3. The molecule has 5 rings (SSSR count). The zero-order chi connectivity index (χ0) is 30.6. The number of ether oxygens (including phenoxy) is 4. The molecule has 0 bridgehead atoms. The van der Waals surface area contributed by atoms with Gasteiger partial charge < -0.3 is 28.7 Å². The smallest absolute Gasteiger partial charge is 0.410 e. The quantitative estimate of drug-likeness (QED) is 0.221. The second-order valence-corrected chi connectivity index (χ2v) is 11.5. The van der Waals surface area contributed by atoms with Gasteiger partial charge in [0.25, 0.3) is 5.91 Å². The van der Waals surface area contributed by atoms with Crippen LogP contribution in [-0.4, -0.2) is 78.5 Å². The lowest BCUT2D eigenvalue weighted by Gasteiger charge is -2.35. The minimum atomic E-state index is -0.586. The number of benzene rings is 3. The molecule has 0 unspecified atom stereocenters. The van der Waals surface area contributed by atoms with Gasteiger partial charge in [-0.15, -0.1) is 0 Å². The summed E-state index contributed by atoms with van der Waals surface area (Å²) in [5, 5.41) is 0.742. The lowest BCUT2D eigenvalue weighted by Crippen LogP contribution is -2.51. The van der Waals surface area contributed by atoms with Crippen molar-refractivity contribution in [3.63, 3.8) is 0 Å². The number of hydrogen-bond acceptors (Lipinski definition) is 6. The monoisotopic (exact) mass is 585 g/mol. The van der Waals surface area contributed by atoms with Crippen molar-refractivity contribution in [3.8, 4) is 23.1 Å². The van der Waals surface area contributed by atoms with Crippen molar-refractivity contribution in [2.24, 2.45) is 0 Å². The van der Waals surface area contributed by atoms with Crippen molar-refractivity contribution in [3.05, 3.63) is 83.9 Å². The first-order valence-corrected chi connectivity index (χ1v) is 14.5. The predicted octanol–water partition coefficient (Wildman–Crippen LogP) is 6.45. The summed E-state index contributed by atoms with van der Waals surface area (Å²) in [4.78, 5) is 30.5. The molecule has 1 fully saturated rings. The SMILES string of the molecule is COCCOc1ccc2c(C(=O)N3CCN(C(=O)OC(C)(C)C)CC3)c(Oc3ccccc3C)n(-c3ccccc3)c2c1. The fourth-order valence-corrected chi connectivity index (χ4v) is 5.07. The van der Waals surface area contributed by atoms with Gasteiger partial charge in [0.1, 0.15) is 29.3 Å². The van der Waals surface area contributed by atoms with Crippen LogP contribution in [0.5, 0.6) is 17.4 Å². The van der Waals surface area contributed by atoms with Crippen LogP contribution < -0.4 is 9.47 Å². The molecule has 2 amide bonds. The average molecular weight is 586 g/mol. The van der Waals surface area contributed by atoms with Gasteiger partial charge in [0.2, 0.25) is 5.88 Å². The van der Waals surface area contributed by atoms with Gasteiger partial charge >= 0.3 is 6.09 Å². The Morgan fingerprint density at radius 3 is 2.19 bits per heavy atom. The maximum atomic E-state index is 14.4. The summed E-state index contributed by atoms with van der Waals surface area (Å²) in [5.74, 6) is 1.57. The number of carbonyl (C=O) groups excluding carboxylic acids is 2. The van der Waals surface area contributed by atoms with Crippen LogP contribution in [0.2, 0.25) is 0 Å². The van der Waals surface area contributed by atoms with Crippen LogP contribution in [0.25, 0.3) is 16.6 Å². The Labute approximate surface area is 252 Å². The van der Waals surface area contributed by atoms with E-state index in [0.717, 1.165) is 22.2 Å². The molecule has 1 aliphatic rings. The number of amides is 2. The molecule has 3 aromatic carbocycles. The van der Waals surface area contributed by atoms with E-state index in [1.54, 1.807) is 16.9 Å². The van der Waals surface area contributed by atoms with Crippen LogP contribution in [0.15, 0.2) is 72.8 Å². The second-order valence-electron chi connectivity index (χ2n) is 11.5. The van der Waals surface area contributed by atoms with Crippen molar-refractivity contribution in [2.75, 3.05) is 46.5 Å². The second kappa shape index (κ2) is 12.8. The number of carbonyl (C=O) groups is 2. The first kappa shape index (κ1) is 30.0. The summed E-state index contributed by atoms with van der Waals surface area (Å²) in [5.41, 5.74) is 2.44. The highest BCUT2D eigenvalue weighted by Gasteiger charge is 2.33. The number of aryl methyl sites for hydroxylation is 1. The van der Waals surface area contributed by atoms with Crippen molar-refractivity contribution in [1.29, 1.82) is 0 Å². The molecule has 0 spiro atoms. The molecule has 226 valence electrons. The third-order valence-corrected chi connectivity index (χ3v) is 7.20. The zero-order valence-corrected chi connectivity index (χ0v) is 25.5. The Balaban J connectivity index is 1.58. The molecule has 1 saturated heterocycles. The Morgan fingerprint density at radius 1 is 0.837 bits per heavy atom. The van der Waals surface area contributed by atoms with Gasteiger partial charge in [-0.05, 0) is 63.6 Å². The van der Waals surface area contributed by atoms with Gasteiger partial charge in [-0.25, -0.2) is 4.79 Å². The van der Waals surface area contributed by atoms with Gasteiger partial charge in [0.05, 0.1) is 12.1 Å². The van der Waals surface area contributed by atoms with Crippen molar-refractivity contribution >= 4 is 22.9 Å². The molecule has 0 radical (unpaired) electrons. The molecule has 0 aliphatic carbocycles. The van der Waals surface area contributed by atoms with Crippen LogP contribution in [0.4, 0.5) is 4.79 Å². The summed E-state index contributed by atoms with van der Waals surface area (Å²) in [6, 6.07) is 23.3. The van der Waals surface area contributed by atoms with Gasteiger partial charge in [0.15, 0.2) is 0 Å². The van der Waals surface area contributed by atoms with Crippen LogP contribution in [-0.2, 0) is 9.47 Å². The highest BCUT2D eigenvalue weighted by Crippen LogP contribution is 2.40. The van der Waals surface area contributed by atoms with E-state index in [1.165, 1.54) is 0 Å². The molecule has 0 atom stereocenters. The fraction of sp³-hybridized carbons (Fsp3) is 0.353. The van der Waals surface area contributed by atoms with Crippen LogP contribution >= 0.6 is 0 Å². The molecule has 9 nitrogen and oxygen atoms in total. The zero-order valence-electron chi connectivity index (χ0n) is 25.5. The van der Waals surface area contributed by atoms with E-state index in [4.69, 9.17) is 18.9 Å². The number of hydrogen-bond donors (Lipinski definition) is 0. The van der Waals surface area contributed by atoms with E-state index in [-0.39, 0.29) is 12.0 Å². The number of rotatable bonds is 8. The van der Waals surface area contributed by atoms with Crippen molar-refractivity contribution in [2.45, 2.75) is 33.3 Å². The fourth-order valence-electron chi connectivity index (χ4n) is 5.07. The van der Waals surface area contributed by atoms with Gasteiger partial charge in [-0.3, -0.25) is 9.36 Å². The Bertz CT molecular complexity index is 1580. The molecule has 1 aromatic heterocycles. The number of piperazine rings is 1. The highest BCUT2D eigenvalue weighted by molar-refractivity contribution is 6.10. The normalized spacial score (nSPS) is 13.7. The summed E-state index contributed by atoms with van der Waals surface area (Å²) in [6.07, 6.45) is -0.371. The standard InChI is InChI=1S/C34H39N3O6/c1-24-11-9-10-14-29(24)42-32-30(31(38)35-17-19-36(20-18-35)33(39)43-34(2,3)4)27-16-15-26(41-22-21-40-5)23-28(27)37(32)25-12-7-6-8-13-25/h6-16,23H,17-22H2,1-5H3. The number of aromatic nitrogens is 1. The molecule has 2 heterocycles. The van der Waals surface area contributed by atoms with E-state index in [9.17, 15) is 9.59 Å². The minimum absolute atomic E-state index is 0.167. The number of methoxy groups -OCH3 is 1. The number of fused-ring (bicyclic) bond motifs is 1. The highest BCUT2D eigenvalue weighted by atomic mass is 16.6. The van der Waals surface area contributed by atoms with E-state index in [1.807, 2.05) is 105 Å². The third-order valence-electron chi connectivity index (χ3n) is 7.20. The van der Waals surface area contributed by atoms with E-state index >= 15 is 0 Å². The molecular formula is C34H39N3O6. The van der Waals surface area contributed by atoms with Gasteiger partial charge in [-0.2, -0.15) is 0 Å². The topological polar surface area (TPSA) is 82.5 Å². The van der Waals surface area contributed by atoms with Crippen molar-refractivity contribution in [1.82, 2.24) is 14.4 Å². The minimum Gasteiger partial charge on any atom is -0.491 e. The summed E-state index contributed by atoms with van der Waals surface area (Å²) in [6.45, 7) is 9.87. The molecule has 43 heavy (non-hydrogen) atoms. The molecular weight excluding hydrogens is 546 g/mol. The maximum absolute atomic E-state index is 14.4. The van der Waals surface area contributed by atoms with E-state index in [2.05, 4.69) is 0 Å². The molecule has 4 aromatic rings. The summed E-state index contributed by atoms with van der Waals surface area (Å²) in [7, 11) is 1.63. The first-order valence-electron chi connectivity index (χ1n) is 14.5. The average Bonchev–Trinajstić information content (AvgIpc) is 3.30. The van der Waals surface area contributed by atoms with Crippen molar-refractivity contribution < 1.29 is 28.5 Å². The molecule has 0 saturated carbocycles. The third kappa shape index (κ3) is 6.78. The Hall–Kier alpha value is -4.50. The molecule has 0 N–H and O–H groups in total. The van der Waals surface area contributed by atoms with Crippen LogP contribution in [0.3, 0.4) is 0 Å². The van der Waals surface area contributed by atoms with Crippen LogP contribution in [0, 0.1) is 6.92 Å². The lowest BCUT2D eigenvalue weighted by molar-refractivity contribution is 0.0140. The maximum Gasteiger partial charge on any atom is 0.410 e. The number of para-hydroxylation sites is 2. The van der Waals surface area contributed by atoms with E-state index < -0.39 is 5.60 Å². The summed E-state index contributed by atoms with van der Waals surface area (Å²) < 4.78 is 25.3. The molecule has 9 heteroatoms. The first-order chi connectivity index (χ1) is 20.7. The largest absolute Gasteiger partial charge is 0.491 e. The predicted molar refractivity (Wildman–Crippen MR) is 166 cm³/mol. The van der Waals surface area contributed by atoms with Crippen LogP contribution in [0.1, 0.15) is 36.7 Å². The Kier molecular flexibility index (Phi) is 8.92. The molecule has 1 aliphatic heterocycles.